The zero-order chi connectivity index (χ0) is 12.6. The molecule has 0 saturated carbocycles. The number of thioether (sulfide) groups is 1. The first kappa shape index (κ1) is 12.9. The third-order valence-corrected chi connectivity index (χ3v) is 6.15. The average Bonchev–Trinajstić information content (AvgIpc) is 2.74. The molecule has 3 aliphatic rings. The first-order valence-electron chi connectivity index (χ1n) is 7.16. The molecule has 0 radical (unpaired) electrons. The highest BCUT2D eigenvalue weighted by molar-refractivity contribution is 7.99. The van der Waals surface area contributed by atoms with Gasteiger partial charge in [-0.05, 0) is 44.0 Å². The Hall–Kier alpha value is -0.0600. The van der Waals surface area contributed by atoms with Crippen LogP contribution in [0.4, 0.5) is 0 Å². The summed E-state index contributed by atoms with van der Waals surface area (Å²) in [5.74, 6) is 3.86. The number of Topliss-reactive ketones (excluding diaryl/α,β-unsaturated/α-hetero) is 1. The van der Waals surface area contributed by atoms with E-state index in [4.69, 9.17) is 4.74 Å². The summed E-state index contributed by atoms with van der Waals surface area (Å²) < 4.78 is 6.00. The molecule has 0 aliphatic carbocycles. The van der Waals surface area contributed by atoms with Crippen LogP contribution in [-0.4, -0.2) is 42.6 Å². The van der Waals surface area contributed by atoms with Crippen LogP contribution in [0.15, 0.2) is 0 Å². The van der Waals surface area contributed by atoms with Crippen molar-refractivity contribution >= 4 is 17.5 Å². The molecule has 3 atom stereocenters. The van der Waals surface area contributed by atoms with Crippen molar-refractivity contribution < 1.29 is 9.53 Å². The summed E-state index contributed by atoms with van der Waals surface area (Å²) in [6.07, 6.45) is 3.06. The summed E-state index contributed by atoms with van der Waals surface area (Å²) in [4.78, 5) is 12.6. The van der Waals surface area contributed by atoms with Crippen LogP contribution in [0.25, 0.3) is 0 Å². The molecule has 3 rings (SSSR count). The van der Waals surface area contributed by atoms with Crippen LogP contribution in [-0.2, 0) is 9.53 Å². The van der Waals surface area contributed by atoms with E-state index in [1.807, 2.05) is 11.8 Å². The molecule has 3 unspecified atom stereocenters. The van der Waals surface area contributed by atoms with Crippen molar-refractivity contribution in [3.8, 4) is 0 Å². The van der Waals surface area contributed by atoms with E-state index < -0.39 is 0 Å². The molecule has 3 saturated heterocycles. The molecule has 3 nitrogen and oxygen atoms in total. The van der Waals surface area contributed by atoms with Crippen molar-refractivity contribution in [2.75, 3.05) is 31.2 Å². The number of ether oxygens (including phenoxy) is 1. The Morgan fingerprint density at radius 3 is 2.94 bits per heavy atom. The maximum atomic E-state index is 12.6. The number of rotatable bonds is 3. The van der Waals surface area contributed by atoms with Gasteiger partial charge in [0.1, 0.15) is 5.78 Å². The second-order valence-electron chi connectivity index (χ2n) is 6.13. The minimum absolute atomic E-state index is 0.0425. The molecule has 3 aliphatic heterocycles. The third kappa shape index (κ3) is 2.35. The third-order valence-electron chi connectivity index (χ3n) is 4.93. The van der Waals surface area contributed by atoms with E-state index in [9.17, 15) is 4.79 Å². The summed E-state index contributed by atoms with van der Waals surface area (Å²) in [7, 11) is 0. The number of hydrogen-bond donors (Lipinski definition) is 1. The zero-order valence-electron chi connectivity index (χ0n) is 11.1. The number of carbonyl (C=O) groups is 1. The predicted octanol–water partition coefficient (Wildman–Crippen LogP) is 1.71. The SMILES string of the molecule is CC(C(=O)C1CCOC2(CCSC2)C1)C1CNC1. The van der Waals surface area contributed by atoms with Crippen LogP contribution in [0.5, 0.6) is 0 Å². The van der Waals surface area contributed by atoms with E-state index in [-0.39, 0.29) is 17.4 Å². The molecule has 0 aromatic carbocycles. The Balaban J connectivity index is 1.62. The van der Waals surface area contributed by atoms with Crippen LogP contribution in [0.2, 0.25) is 0 Å². The number of ketones is 1. The average molecular weight is 269 g/mol. The lowest BCUT2D eigenvalue weighted by Gasteiger charge is -2.40. The second-order valence-corrected chi connectivity index (χ2v) is 7.24. The summed E-state index contributed by atoms with van der Waals surface area (Å²) in [5, 5.41) is 3.27. The van der Waals surface area contributed by atoms with Gasteiger partial charge in [-0.2, -0.15) is 11.8 Å². The summed E-state index contributed by atoms with van der Waals surface area (Å²) in [6, 6.07) is 0. The zero-order valence-corrected chi connectivity index (χ0v) is 11.9. The summed E-state index contributed by atoms with van der Waals surface area (Å²) in [5.41, 5.74) is 0.0425. The molecular formula is C14H23NO2S. The first-order valence-corrected chi connectivity index (χ1v) is 8.32. The maximum Gasteiger partial charge on any atom is 0.139 e. The molecule has 0 aromatic rings. The Morgan fingerprint density at radius 2 is 2.33 bits per heavy atom. The lowest BCUT2D eigenvalue weighted by Crippen LogP contribution is -2.50. The largest absolute Gasteiger partial charge is 0.374 e. The highest BCUT2D eigenvalue weighted by Gasteiger charge is 2.44. The van der Waals surface area contributed by atoms with E-state index in [0.29, 0.717) is 11.7 Å². The van der Waals surface area contributed by atoms with Crippen molar-refractivity contribution in [1.82, 2.24) is 5.32 Å². The lowest BCUT2D eigenvalue weighted by molar-refractivity contribution is -0.139. The summed E-state index contributed by atoms with van der Waals surface area (Å²) in [6.45, 7) is 4.96. The topological polar surface area (TPSA) is 38.3 Å². The quantitative estimate of drug-likeness (QED) is 0.846. The standard InChI is InChI=1S/C14H23NO2S/c1-10(12-7-15-8-12)13(16)11-2-4-17-14(6-11)3-5-18-9-14/h10-12,15H,2-9H2,1H3. The van der Waals surface area contributed by atoms with Crippen molar-refractivity contribution in [1.29, 1.82) is 0 Å². The van der Waals surface area contributed by atoms with Crippen molar-refractivity contribution in [3.05, 3.63) is 0 Å². The normalized spacial score (nSPS) is 38.6. The smallest absolute Gasteiger partial charge is 0.139 e. The van der Waals surface area contributed by atoms with Gasteiger partial charge in [-0.25, -0.2) is 0 Å². The van der Waals surface area contributed by atoms with Crippen molar-refractivity contribution in [2.45, 2.75) is 31.8 Å². The van der Waals surface area contributed by atoms with Gasteiger partial charge in [0.05, 0.1) is 5.60 Å². The van der Waals surface area contributed by atoms with Crippen LogP contribution in [0.3, 0.4) is 0 Å². The molecule has 0 aromatic heterocycles. The van der Waals surface area contributed by atoms with Crippen LogP contribution >= 0.6 is 11.8 Å². The monoisotopic (exact) mass is 269 g/mol. The molecule has 3 fully saturated rings. The van der Waals surface area contributed by atoms with Crippen molar-refractivity contribution in [3.63, 3.8) is 0 Å². The molecule has 0 amide bonds. The fourth-order valence-corrected chi connectivity index (χ4v) is 4.78. The lowest BCUT2D eigenvalue weighted by atomic mass is 9.75. The number of nitrogens with one attached hydrogen (secondary N) is 1. The van der Waals surface area contributed by atoms with Crippen molar-refractivity contribution in [2.24, 2.45) is 17.8 Å². The van der Waals surface area contributed by atoms with Crippen LogP contribution < -0.4 is 5.32 Å². The second kappa shape index (κ2) is 5.14. The van der Waals surface area contributed by atoms with Gasteiger partial charge in [0.25, 0.3) is 0 Å². The van der Waals surface area contributed by atoms with Gasteiger partial charge in [0.2, 0.25) is 0 Å². The molecule has 1 N–H and O–H groups in total. The molecule has 1 spiro atoms. The molecular weight excluding hydrogens is 246 g/mol. The van der Waals surface area contributed by atoms with E-state index in [0.717, 1.165) is 44.7 Å². The molecule has 4 heteroatoms. The van der Waals surface area contributed by atoms with E-state index >= 15 is 0 Å². The Bertz CT molecular complexity index is 324. The Kier molecular flexibility index (Phi) is 3.70. The van der Waals surface area contributed by atoms with Gasteiger partial charge >= 0.3 is 0 Å². The molecule has 102 valence electrons. The van der Waals surface area contributed by atoms with Gasteiger partial charge < -0.3 is 10.1 Å². The number of carbonyl (C=O) groups excluding carboxylic acids is 1. The van der Waals surface area contributed by atoms with Crippen LogP contribution in [0.1, 0.15) is 26.2 Å². The Labute approximate surface area is 113 Å². The van der Waals surface area contributed by atoms with Gasteiger partial charge in [-0.3, -0.25) is 4.79 Å². The van der Waals surface area contributed by atoms with Gasteiger partial charge in [-0.15, -0.1) is 0 Å². The van der Waals surface area contributed by atoms with Gasteiger partial charge in [0, 0.05) is 24.2 Å². The van der Waals surface area contributed by atoms with Crippen LogP contribution in [0, 0.1) is 17.8 Å². The highest BCUT2D eigenvalue weighted by atomic mass is 32.2. The Morgan fingerprint density at radius 1 is 1.50 bits per heavy atom. The molecule has 0 bridgehead atoms. The predicted molar refractivity (Wildman–Crippen MR) is 73.9 cm³/mol. The number of hydrogen-bond acceptors (Lipinski definition) is 4. The maximum absolute atomic E-state index is 12.6. The van der Waals surface area contributed by atoms with Gasteiger partial charge in [0.15, 0.2) is 0 Å². The minimum Gasteiger partial charge on any atom is -0.374 e. The molecule has 18 heavy (non-hydrogen) atoms. The van der Waals surface area contributed by atoms with Gasteiger partial charge in [-0.1, -0.05) is 6.92 Å². The minimum atomic E-state index is 0.0425. The highest BCUT2D eigenvalue weighted by Crippen LogP contribution is 2.41. The van der Waals surface area contributed by atoms with E-state index in [1.54, 1.807) is 0 Å². The fraction of sp³-hybridized carbons (Fsp3) is 0.929. The molecule has 3 heterocycles. The first-order chi connectivity index (χ1) is 8.70. The van der Waals surface area contributed by atoms with E-state index in [1.165, 1.54) is 5.75 Å². The fourth-order valence-electron chi connectivity index (χ4n) is 3.40. The van der Waals surface area contributed by atoms with E-state index in [2.05, 4.69) is 12.2 Å². The summed E-state index contributed by atoms with van der Waals surface area (Å²) >= 11 is 1.98.